The first-order chi connectivity index (χ1) is 7.65. The molecule has 0 saturated heterocycles. The van der Waals surface area contributed by atoms with Crippen molar-refractivity contribution in [3.8, 4) is 5.75 Å². The van der Waals surface area contributed by atoms with Crippen LogP contribution in [0.3, 0.4) is 0 Å². The summed E-state index contributed by atoms with van der Waals surface area (Å²) < 4.78 is 6.21. The van der Waals surface area contributed by atoms with Crippen LogP contribution in [-0.2, 0) is 0 Å². The molecule has 2 heteroatoms. The standard InChI is InChI=1S/C14H21NO/c1-11-4-5-12(2)13(10-11)16-14(8-9-15)6-3-7-14/h4-5,10H,3,6-9,15H2,1-2H3. The summed E-state index contributed by atoms with van der Waals surface area (Å²) in [6.45, 7) is 4.91. The Labute approximate surface area is 97.8 Å². The highest BCUT2D eigenvalue weighted by molar-refractivity contribution is 5.36. The van der Waals surface area contributed by atoms with E-state index < -0.39 is 0 Å². The molecule has 0 atom stereocenters. The van der Waals surface area contributed by atoms with Gasteiger partial charge in [0.15, 0.2) is 0 Å². The third-order valence-electron chi connectivity index (χ3n) is 3.53. The van der Waals surface area contributed by atoms with Crippen molar-refractivity contribution in [3.63, 3.8) is 0 Å². The van der Waals surface area contributed by atoms with Gasteiger partial charge in [-0.2, -0.15) is 0 Å². The van der Waals surface area contributed by atoms with Crippen LogP contribution in [0, 0.1) is 13.8 Å². The Morgan fingerprint density at radius 1 is 1.31 bits per heavy atom. The second-order valence-corrected chi connectivity index (χ2v) is 4.95. The Morgan fingerprint density at radius 3 is 2.62 bits per heavy atom. The van der Waals surface area contributed by atoms with Gasteiger partial charge in [0.2, 0.25) is 0 Å². The number of hydrogen-bond acceptors (Lipinski definition) is 2. The van der Waals surface area contributed by atoms with Crippen molar-refractivity contribution in [2.45, 2.75) is 45.1 Å². The number of aryl methyl sites for hydroxylation is 2. The second-order valence-electron chi connectivity index (χ2n) is 4.95. The average Bonchev–Trinajstić information content (AvgIpc) is 2.20. The molecule has 0 heterocycles. The third-order valence-corrected chi connectivity index (χ3v) is 3.53. The number of benzene rings is 1. The number of nitrogens with two attached hydrogens (primary N) is 1. The Bertz CT molecular complexity index is 369. The van der Waals surface area contributed by atoms with E-state index in [0.29, 0.717) is 6.54 Å². The molecular formula is C14H21NO. The zero-order chi connectivity index (χ0) is 11.6. The second kappa shape index (κ2) is 4.46. The smallest absolute Gasteiger partial charge is 0.123 e. The lowest BCUT2D eigenvalue weighted by atomic mass is 9.77. The summed E-state index contributed by atoms with van der Waals surface area (Å²) in [5.74, 6) is 1.04. The van der Waals surface area contributed by atoms with E-state index in [4.69, 9.17) is 10.5 Å². The number of ether oxygens (including phenoxy) is 1. The van der Waals surface area contributed by atoms with Gasteiger partial charge < -0.3 is 10.5 Å². The molecule has 0 amide bonds. The molecule has 1 aliphatic carbocycles. The fourth-order valence-electron chi connectivity index (χ4n) is 2.29. The molecule has 1 aliphatic rings. The molecule has 1 aromatic rings. The van der Waals surface area contributed by atoms with Crippen molar-refractivity contribution in [1.29, 1.82) is 0 Å². The highest BCUT2D eigenvalue weighted by Crippen LogP contribution is 2.40. The average molecular weight is 219 g/mol. The minimum atomic E-state index is 0.0350. The van der Waals surface area contributed by atoms with Crippen molar-refractivity contribution < 1.29 is 4.74 Å². The summed E-state index contributed by atoms with van der Waals surface area (Å²) in [5, 5.41) is 0. The summed E-state index contributed by atoms with van der Waals surface area (Å²) in [6.07, 6.45) is 4.54. The summed E-state index contributed by atoms with van der Waals surface area (Å²) >= 11 is 0. The Morgan fingerprint density at radius 2 is 2.06 bits per heavy atom. The van der Waals surface area contributed by atoms with E-state index in [1.54, 1.807) is 0 Å². The maximum Gasteiger partial charge on any atom is 0.123 e. The van der Waals surface area contributed by atoms with Gasteiger partial charge in [-0.15, -0.1) is 0 Å². The van der Waals surface area contributed by atoms with Gasteiger partial charge >= 0.3 is 0 Å². The molecule has 1 fully saturated rings. The van der Waals surface area contributed by atoms with Gasteiger partial charge in [0.05, 0.1) is 0 Å². The molecule has 2 nitrogen and oxygen atoms in total. The lowest BCUT2D eigenvalue weighted by Gasteiger charge is -2.42. The van der Waals surface area contributed by atoms with E-state index in [1.807, 2.05) is 0 Å². The molecule has 16 heavy (non-hydrogen) atoms. The zero-order valence-corrected chi connectivity index (χ0v) is 10.3. The van der Waals surface area contributed by atoms with Gasteiger partial charge in [0.1, 0.15) is 11.4 Å². The monoisotopic (exact) mass is 219 g/mol. The van der Waals surface area contributed by atoms with Crippen LogP contribution < -0.4 is 10.5 Å². The quantitative estimate of drug-likeness (QED) is 0.845. The van der Waals surface area contributed by atoms with Gasteiger partial charge in [-0.1, -0.05) is 12.1 Å². The van der Waals surface area contributed by atoms with Crippen molar-refractivity contribution in [2.75, 3.05) is 6.54 Å². The zero-order valence-electron chi connectivity index (χ0n) is 10.3. The topological polar surface area (TPSA) is 35.2 Å². The fraction of sp³-hybridized carbons (Fsp3) is 0.571. The summed E-state index contributed by atoms with van der Waals surface area (Å²) in [5.41, 5.74) is 8.17. The van der Waals surface area contributed by atoms with E-state index in [1.165, 1.54) is 17.5 Å². The van der Waals surface area contributed by atoms with Gasteiger partial charge in [0.25, 0.3) is 0 Å². The van der Waals surface area contributed by atoms with Crippen LogP contribution in [0.4, 0.5) is 0 Å². The maximum atomic E-state index is 6.21. The van der Waals surface area contributed by atoms with Crippen molar-refractivity contribution in [1.82, 2.24) is 0 Å². The number of rotatable bonds is 4. The molecule has 2 N–H and O–H groups in total. The van der Waals surface area contributed by atoms with E-state index >= 15 is 0 Å². The molecule has 0 unspecified atom stereocenters. The third kappa shape index (κ3) is 2.22. The van der Waals surface area contributed by atoms with Gasteiger partial charge in [-0.25, -0.2) is 0 Å². The van der Waals surface area contributed by atoms with Crippen LogP contribution in [0.25, 0.3) is 0 Å². The van der Waals surface area contributed by atoms with E-state index in [-0.39, 0.29) is 5.60 Å². The van der Waals surface area contributed by atoms with Crippen LogP contribution in [-0.4, -0.2) is 12.1 Å². The minimum absolute atomic E-state index is 0.0350. The van der Waals surface area contributed by atoms with Crippen LogP contribution in [0.5, 0.6) is 5.75 Å². The summed E-state index contributed by atoms with van der Waals surface area (Å²) in [7, 11) is 0. The fourth-order valence-corrected chi connectivity index (χ4v) is 2.29. The van der Waals surface area contributed by atoms with E-state index in [9.17, 15) is 0 Å². The first-order valence-electron chi connectivity index (χ1n) is 6.12. The van der Waals surface area contributed by atoms with E-state index in [0.717, 1.165) is 25.0 Å². The van der Waals surface area contributed by atoms with Crippen LogP contribution in [0.15, 0.2) is 18.2 Å². The predicted octanol–water partition coefficient (Wildman–Crippen LogP) is 2.95. The molecule has 2 rings (SSSR count). The van der Waals surface area contributed by atoms with Crippen molar-refractivity contribution in [3.05, 3.63) is 29.3 Å². The molecule has 0 spiro atoms. The van der Waals surface area contributed by atoms with Gasteiger partial charge in [0, 0.05) is 0 Å². The molecule has 1 saturated carbocycles. The Kier molecular flexibility index (Phi) is 3.20. The predicted molar refractivity (Wildman–Crippen MR) is 66.8 cm³/mol. The van der Waals surface area contributed by atoms with Crippen LogP contribution in [0.2, 0.25) is 0 Å². The molecule has 88 valence electrons. The molecule has 0 bridgehead atoms. The van der Waals surface area contributed by atoms with Crippen molar-refractivity contribution >= 4 is 0 Å². The minimum Gasteiger partial charge on any atom is -0.487 e. The molecule has 0 radical (unpaired) electrons. The maximum absolute atomic E-state index is 6.21. The number of hydrogen-bond donors (Lipinski definition) is 1. The first kappa shape index (κ1) is 11.5. The highest BCUT2D eigenvalue weighted by atomic mass is 16.5. The SMILES string of the molecule is Cc1ccc(C)c(OC2(CCN)CCC2)c1. The van der Waals surface area contributed by atoms with Crippen LogP contribution in [0.1, 0.15) is 36.8 Å². The highest BCUT2D eigenvalue weighted by Gasteiger charge is 2.38. The first-order valence-corrected chi connectivity index (χ1v) is 6.12. The Hall–Kier alpha value is -1.02. The van der Waals surface area contributed by atoms with Gasteiger partial charge in [-0.3, -0.25) is 0 Å². The Balaban J connectivity index is 2.15. The van der Waals surface area contributed by atoms with Crippen molar-refractivity contribution in [2.24, 2.45) is 5.73 Å². The molecular weight excluding hydrogens is 198 g/mol. The molecule has 1 aromatic carbocycles. The normalized spacial score (nSPS) is 17.9. The summed E-state index contributed by atoms with van der Waals surface area (Å²) in [4.78, 5) is 0. The largest absolute Gasteiger partial charge is 0.487 e. The van der Waals surface area contributed by atoms with Crippen LogP contribution >= 0.6 is 0 Å². The van der Waals surface area contributed by atoms with E-state index in [2.05, 4.69) is 32.0 Å². The molecule has 0 aliphatic heterocycles. The lowest BCUT2D eigenvalue weighted by molar-refractivity contribution is -0.0130. The van der Waals surface area contributed by atoms with Gasteiger partial charge in [-0.05, 0) is 63.3 Å². The summed E-state index contributed by atoms with van der Waals surface area (Å²) in [6, 6.07) is 6.38. The lowest BCUT2D eigenvalue weighted by Crippen LogP contribution is -2.44. The molecule has 0 aromatic heterocycles.